The zero-order valence-corrected chi connectivity index (χ0v) is 10.8. The number of aromatic nitrogens is 1. The van der Waals surface area contributed by atoms with Gasteiger partial charge in [0, 0.05) is 17.8 Å². The first-order valence-electron chi connectivity index (χ1n) is 6.21. The van der Waals surface area contributed by atoms with Crippen LogP contribution >= 0.6 is 0 Å². The number of ether oxygens (including phenoxy) is 1. The van der Waals surface area contributed by atoms with E-state index in [4.69, 9.17) is 15.7 Å². The van der Waals surface area contributed by atoms with E-state index in [2.05, 4.69) is 4.98 Å². The van der Waals surface area contributed by atoms with Crippen LogP contribution in [0.2, 0.25) is 0 Å². The molecular weight excluding hydrogens is 244 g/mol. The molecule has 1 aromatic heterocycles. The lowest BCUT2D eigenvalue weighted by Gasteiger charge is -2.29. The summed E-state index contributed by atoms with van der Waals surface area (Å²) in [5.41, 5.74) is 7.00. The molecule has 0 aromatic carbocycles. The highest BCUT2D eigenvalue weighted by atomic mass is 16.5. The summed E-state index contributed by atoms with van der Waals surface area (Å²) in [6.45, 7) is 3.11. The summed E-state index contributed by atoms with van der Waals surface area (Å²) in [6.07, 6.45) is 0.164. The molecule has 1 saturated heterocycles. The Morgan fingerprint density at radius 2 is 2.47 bits per heavy atom. The van der Waals surface area contributed by atoms with Crippen molar-refractivity contribution in [2.24, 2.45) is 0 Å². The SMILES string of the molecule is CCc1cc(C(=O)N2CCOC(C#N)C2)cc(N)n1. The van der Waals surface area contributed by atoms with Gasteiger partial charge in [0.05, 0.1) is 19.2 Å². The second-order valence-corrected chi connectivity index (χ2v) is 4.37. The predicted molar refractivity (Wildman–Crippen MR) is 69.3 cm³/mol. The first-order chi connectivity index (χ1) is 9.13. The van der Waals surface area contributed by atoms with Gasteiger partial charge in [-0.2, -0.15) is 5.26 Å². The molecule has 1 aliphatic heterocycles. The zero-order chi connectivity index (χ0) is 13.8. The number of carbonyl (C=O) groups is 1. The highest BCUT2D eigenvalue weighted by Gasteiger charge is 2.25. The highest BCUT2D eigenvalue weighted by molar-refractivity contribution is 5.95. The minimum absolute atomic E-state index is 0.132. The third-order valence-corrected chi connectivity index (χ3v) is 3.01. The first kappa shape index (κ1) is 13.3. The molecule has 6 heteroatoms. The maximum absolute atomic E-state index is 12.4. The summed E-state index contributed by atoms with van der Waals surface area (Å²) in [5, 5.41) is 8.84. The number of nitrogen functional groups attached to an aromatic ring is 1. The van der Waals surface area contributed by atoms with E-state index in [9.17, 15) is 4.79 Å². The van der Waals surface area contributed by atoms with Crippen LogP contribution in [0.3, 0.4) is 0 Å². The number of carbonyl (C=O) groups excluding carboxylic acids is 1. The Hall–Kier alpha value is -2.13. The van der Waals surface area contributed by atoms with Gasteiger partial charge in [-0.3, -0.25) is 4.79 Å². The molecule has 2 rings (SSSR count). The molecule has 1 atom stereocenters. The molecule has 0 bridgehead atoms. The average Bonchev–Trinajstić information content (AvgIpc) is 2.45. The highest BCUT2D eigenvalue weighted by Crippen LogP contribution is 2.14. The molecule has 1 fully saturated rings. The molecule has 19 heavy (non-hydrogen) atoms. The Bertz CT molecular complexity index is 524. The van der Waals surface area contributed by atoms with Gasteiger partial charge in [-0.15, -0.1) is 0 Å². The van der Waals surface area contributed by atoms with E-state index in [-0.39, 0.29) is 5.91 Å². The van der Waals surface area contributed by atoms with Crippen molar-refractivity contribution in [3.05, 3.63) is 23.4 Å². The van der Waals surface area contributed by atoms with Gasteiger partial charge in [0.25, 0.3) is 5.91 Å². The standard InChI is InChI=1S/C13H16N4O2/c1-2-10-5-9(6-12(15)16-10)13(18)17-3-4-19-11(7-14)8-17/h5-6,11H,2-4,8H2,1H3,(H2,15,16). The number of aryl methyl sites for hydroxylation is 1. The first-order valence-corrected chi connectivity index (χ1v) is 6.21. The van der Waals surface area contributed by atoms with Gasteiger partial charge >= 0.3 is 0 Å². The van der Waals surface area contributed by atoms with Gasteiger partial charge < -0.3 is 15.4 Å². The third kappa shape index (κ3) is 3.01. The minimum atomic E-state index is -0.553. The number of amides is 1. The molecule has 2 heterocycles. The molecule has 1 amide bonds. The van der Waals surface area contributed by atoms with Gasteiger partial charge in [0.2, 0.25) is 0 Å². The third-order valence-electron chi connectivity index (χ3n) is 3.01. The monoisotopic (exact) mass is 260 g/mol. The fourth-order valence-electron chi connectivity index (χ4n) is 2.01. The molecule has 2 N–H and O–H groups in total. The van der Waals surface area contributed by atoms with Crippen molar-refractivity contribution in [3.63, 3.8) is 0 Å². The molecule has 100 valence electrons. The maximum atomic E-state index is 12.4. The number of nitrogens with two attached hydrogens (primary N) is 1. The van der Waals surface area contributed by atoms with Crippen molar-refractivity contribution in [1.29, 1.82) is 5.26 Å². The lowest BCUT2D eigenvalue weighted by Crippen LogP contribution is -2.45. The largest absolute Gasteiger partial charge is 0.384 e. The van der Waals surface area contributed by atoms with Gasteiger partial charge in [-0.05, 0) is 18.6 Å². The van der Waals surface area contributed by atoms with E-state index in [0.717, 1.165) is 12.1 Å². The summed E-state index contributed by atoms with van der Waals surface area (Å²) in [7, 11) is 0. The number of nitrogens with zero attached hydrogens (tertiary/aromatic N) is 3. The fraction of sp³-hybridized carbons (Fsp3) is 0.462. The second-order valence-electron chi connectivity index (χ2n) is 4.37. The van der Waals surface area contributed by atoms with Crippen molar-refractivity contribution in [3.8, 4) is 6.07 Å². The summed E-state index contributed by atoms with van der Waals surface area (Å²) in [6, 6.07) is 5.33. The number of pyridine rings is 1. The second kappa shape index (κ2) is 5.67. The van der Waals surface area contributed by atoms with Crippen LogP contribution in [0.5, 0.6) is 0 Å². The number of hydrogen-bond acceptors (Lipinski definition) is 5. The number of rotatable bonds is 2. The lowest BCUT2D eigenvalue weighted by atomic mass is 10.1. The summed E-state index contributed by atoms with van der Waals surface area (Å²) >= 11 is 0. The Kier molecular flexibility index (Phi) is 3.97. The molecular formula is C13H16N4O2. The van der Waals surface area contributed by atoms with Crippen LogP contribution in [-0.2, 0) is 11.2 Å². The Morgan fingerprint density at radius 3 is 3.16 bits per heavy atom. The fourth-order valence-corrected chi connectivity index (χ4v) is 2.01. The summed E-state index contributed by atoms with van der Waals surface area (Å²) in [5.74, 6) is 0.208. The van der Waals surface area contributed by atoms with Crippen LogP contribution in [0.25, 0.3) is 0 Å². The molecule has 0 aliphatic carbocycles. The van der Waals surface area contributed by atoms with Crippen LogP contribution in [0.4, 0.5) is 5.82 Å². The van der Waals surface area contributed by atoms with Crippen molar-refractivity contribution in [1.82, 2.24) is 9.88 Å². The van der Waals surface area contributed by atoms with Crippen molar-refractivity contribution < 1.29 is 9.53 Å². The normalized spacial score (nSPS) is 18.9. The molecule has 0 spiro atoms. The quantitative estimate of drug-likeness (QED) is 0.840. The molecule has 1 unspecified atom stereocenters. The summed E-state index contributed by atoms with van der Waals surface area (Å²) < 4.78 is 5.22. The molecule has 6 nitrogen and oxygen atoms in total. The van der Waals surface area contributed by atoms with Crippen molar-refractivity contribution >= 4 is 11.7 Å². The van der Waals surface area contributed by atoms with Crippen molar-refractivity contribution in [2.45, 2.75) is 19.4 Å². The summed E-state index contributed by atoms with van der Waals surface area (Å²) in [4.78, 5) is 18.1. The van der Waals surface area contributed by atoms with Crippen LogP contribution in [0, 0.1) is 11.3 Å². The van der Waals surface area contributed by atoms with Crippen molar-refractivity contribution in [2.75, 3.05) is 25.4 Å². The van der Waals surface area contributed by atoms with Gasteiger partial charge in [0.15, 0.2) is 6.10 Å². The average molecular weight is 260 g/mol. The van der Waals surface area contributed by atoms with Gasteiger partial charge in [-0.1, -0.05) is 6.92 Å². The van der Waals surface area contributed by atoms with E-state index in [0.29, 0.717) is 31.1 Å². The van der Waals surface area contributed by atoms with E-state index in [1.807, 2.05) is 13.0 Å². The number of hydrogen-bond donors (Lipinski definition) is 1. The number of morpholine rings is 1. The number of anilines is 1. The van der Waals surface area contributed by atoms with E-state index in [1.54, 1.807) is 17.0 Å². The minimum Gasteiger partial charge on any atom is -0.384 e. The Balaban J connectivity index is 2.19. The molecule has 1 aliphatic rings. The van der Waals surface area contributed by atoms with E-state index in [1.165, 1.54) is 0 Å². The smallest absolute Gasteiger partial charge is 0.254 e. The lowest BCUT2D eigenvalue weighted by molar-refractivity contribution is 0.00346. The molecule has 1 aromatic rings. The maximum Gasteiger partial charge on any atom is 0.254 e. The van der Waals surface area contributed by atoms with Crippen LogP contribution in [0.15, 0.2) is 12.1 Å². The predicted octanol–water partition coefficient (Wildman–Crippen LogP) is 0.591. The van der Waals surface area contributed by atoms with Crippen LogP contribution < -0.4 is 5.73 Å². The van der Waals surface area contributed by atoms with E-state index >= 15 is 0 Å². The zero-order valence-electron chi connectivity index (χ0n) is 10.8. The molecule has 0 saturated carbocycles. The Labute approximate surface area is 111 Å². The Morgan fingerprint density at radius 1 is 1.68 bits per heavy atom. The van der Waals surface area contributed by atoms with Crippen LogP contribution in [-0.4, -0.2) is 41.6 Å². The van der Waals surface area contributed by atoms with Gasteiger partial charge in [0.1, 0.15) is 5.82 Å². The van der Waals surface area contributed by atoms with Gasteiger partial charge in [-0.25, -0.2) is 4.98 Å². The topological polar surface area (TPSA) is 92.2 Å². The van der Waals surface area contributed by atoms with E-state index < -0.39 is 6.10 Å². The number of nitriles is 1. The van der Waals surface area contributed by atoms with Crippen LogP contribution in [0.1, 0.15) is 23.0 Å². The molecule has 0 radical (unpaired) electrons.